The Morgan fingerprint density at radius 1 is 1.20 bits per heavy atom. The molecule has 2 heteroatoms. The van der Waals surface area contributed by atoms with E-state index < -0.39 is 0 Å². The molecule has 1 nitrogen and oxygen atoms in total. The van der Waals surface area contributed by atoms with E-state index in [2.05, 4.69) is 55.6 Å². The fraction of sp³-hybridized carbons (Fsp3) is 0.385. The van der Waals surface area contributed by atoms with Crippen molar-refractivity contribution in [3.8, 4) is 0 Å². The predicted octanol–water partition coefficient (Wildman–Crippen LogP) is 3.37. The van der Waals surface area contributed by atoms with E-state index >= 15 is 0 Å². The fourth-order valence-corrected chi connectivity index (χ4v) is 1.21. The van der Waals surface area contributed by atoms with Crippen molar-refractivity contribution in [2.45, 2.75) is 13.8 Å². The molecule has 1 aromatic rings. The van der Waals surface area contributed by atoms with E-state index in [9.17, 15) is 0 Å². The van der Waals surface area contributed by atoms with Crippen LogP contribution < -0.4 is 5.32 Å². The molecule has 84 valence electrons. The quantitative estimate of drug-likeness (QED) is 0.758. The average molecular weight is 226 g/mol. The Morgan fingerprint density at radius 3 is 2.47 bits per heavy atom. The summed E-state index contributed by atoms with van der Waals surface area (Å²) in [5, 5.41) is 3.37. The van der Waals surface area contributed by atoms with E-state index in [1.165, 1.54) is 5.56 Å². The van der Waals surface area contributed by atoms with Crippen molar-refractivity contribution in [3.05, 3.63) is 42.0 Å². The summed E-state index contributed by atoms with van der Waals surface area (Å²) in [6.45, 7) is 6.47. The molecular weight excluding hydrogens is 206 g/mol. The maximum Gasteiger partial charge on any atom is 0.0138 e. The van der Waals surface area contributed by atoms with Gasteiger partial charge in [0.15, 0.2) is 0 Å². The minimum absolute atomic E-state index is 0. The second-order valence-electron chi connectivity index (χ2n) is 3.87. The Labute approximate surface area is 99.0 Å². The zero-order valence-corrected chi connectivity index (χ0v) is 10.3. The molecule has 0 saturated heterocycles. The van der Waals surface area contributed by atoms with Gasteiger partial charge in [-0.2, -0.15) is 0 Å². The molecule has 0 amide bonds. The second kappa shape index (κ2) is 8.51. The normalized spacial score (nSPS) is 10.6. The van der Waals surface area contributed by atoms with Crippen LogP contribution in [-0.2, 0) is 0 Å². The molecule has 0 radical (unpaired) electrons. The monoisotopic (exact) mass is 225 g/mol. The number of rotatable bonds is 5. The SMILES string of the molecule is CC(C)CNCC=Cc1ccccc1.Cl. The maximum absolute atomic E-state index is 3.37. The third-order valence-corrected chi connectivity index (χ3v) is 1.92. The van der Waals surface area contributed by atoms with E-state index in [0.29, 0.717) is 0 Å². The molecule has 0 spiro atoms. The number of nitrogens with one attached hydrogen (secondary N) is 1. The number of halogens is 1. The Balaban J connectivity index is 0.00000196. The van der Waals surface area contributed by atoms with Gasteiger partial charge in [-0.05, 0) is 18.0 Å². The van der Waals surface area contributed by atoms with Gasteiger partial charge in [0.05, 0.1) is 0 Å². The van der Waals surface area contributed by atoms with Gasteiger partial charge >= 0.3 is 0 Å². The van der Waals surface area contributed by atoms with E-state index in [0.717, 1.165) is 19.0 Å². The van der Waals surface area contributed by atoms with Crippen molar-refractivity contribution in [1.29, 1.82) is 0 Å². The first kappa shape index (κ1) is 14.2. The minimum atomic E-state index is 0. The van der Waals surface area contributed by atoms with Crippen LogP contribution in [-0.4, -0.2) is 13.1 Å². The first-order valence-electron chi connectivity index (χ1n) is 5.21. The topological polar surface area (TPSA) is 12.0 Å². The van der Waals surface area contributed by atoms with Crippen LogP contribution in [0, 0.1) is 5.92 Å². The average Bonchev–Trinajstić information content (AvgIpc) is 2.18. The van der Waals surface area contributed by atoms with Crippen LogP contribution in [0.25, 0.3) is 6.08 Å². The van der Waals surface area contributed by atoms with Gasteiger partial charge in [-0.15, -0.1) is 12.4 Å². The zero-order chi connectivity index (χ0) is 10.2. The van der Waals surface area contributed by atoms with Crippen molar-refractivity contribution in [1.82, 2.24) is 5.32 Å². The molecule has 0 saturated carbocycles. The Bertz CT molecular complexity index is 267. The highest BCUT2D eigenvalue weighted by molar-refractivity contribution is 5.85. The molecule has 0 unspecified atom stereocenters. The Morgan fingerprint density at radius 2 is 1.87 bits per heavy atom. The largest absolute Gasteiger partial charge is 0.313 e. The lowest BCUT2D eigenvalue weighted by molar-refractivity contribution is 0.577. The third kappa shape index (κ3) is 7.18. The Hall–Kier alpha value is -0.790. The lowest BCUT2D eigenvalue weighted by Gasteiger charge is -2.03. The van der Waals surface area contributed by atoms with Gasteiger partial charge in [-0.3, -0.25) is 0 Å². The Kier molecular flexibility index (Phi) is 8.06. The van der Waals surface area contributed by atoms with E-state index in [1.807, 2.05) is 6.07 Å². The van der Waals surface area contributed by atoms with Crippen LogP contribution in [0.4, 0.5) is 0 Å². The highest BCUT2D eigenvalue weighted by Gasteiger charge is 1.89. The summed E-state index contributed by atoms with van der Waals surface area (Å²) in [6.07, 6.45) is 4.31. The van der Waals surface area contributed by atoms with Crippen LogP contribution >= 0.6 is 12.4 Å². The van der Waals surface area contributed by atoms with Gasteiger partial charge in [0.1, 0.15) is 0 Å². The van der Waals surface area contributed by atoms with Gasteiger partial charge in [-0.1, -0.05) is 56.3 Å². The van der Waals surface area contributed by atoms with Gasteiger partial charge in [-0.25, -0.2) is 0 Å². The lowest BCUT2D eigenvalue weighted by atomic mass is 10.2. The summed E-state index contributed by atoms with van der Waals surface area (Å²) in [5.41, 5.74) is 1.26. The van der Waals surface area contributed by atoms with Crippen molar-refractivity contribution in [2.75, 3.05) is 13.1 Å². The summed E-state index contributed by atoms with van der Waals surface area (Å²) in [7, 11) is 0. The highest BCUT2D eigenvalue weighted by Crippen LogP contribution is 1.99. The van der Waals surface area contributed by atoms with Crippen LogP contribution in [0.5, 0.6) is 0 Å². The predicted molar refractivity (Wildman–Crippen MR) is 70.4 cm³/mol. The molecule has 15 heavy (non-hydrogen) atoms. The van der Waals surface area contributed by atoms with E-state index in [4.69, 9.17) is 0 Å². The first-order chi connectivity index (χ1) is 6.79. The molecule has 0 heterocycles. The van der Waals surface area contributed by atoms with Gasteiger partial charge < -0.3 is 5.32 Å². The molecule has 1 rings (SSSR count). The highest BCUT2D eigenvalue weighted by atomic mass is 35.5. The van der Waals surface area contributed by atoms with Crippen LogP contribution in [0.1, 0.15) is 19.4 Å². The maximum atomic E-state index is 3.37. The number of hydrogen-bond donors (Lipinski definition) is 1. The van der Waals surface area contributed by atoms with Crippen molar-refractivity contribution >= 4 is 18.5 Å². The zero-order valence-electron chi connectivity index (χ0n) is 9.44. The smallest absolute Gasteiger partial charge is 0.0138 e. The lowest BCUT2D eigenvalue weighted by Crippen LogP contribution is -2.19. The van der Waals surface area contributed by atoms with Crippen LogP contribution in [0.2, 0.25) is 0 Å². The summed E-state index contributed by atoms with van der Waals surface area (Å²) in [4.78, 5) is 0. The van der Waals surface area contributed by atoms with Crippen LogP contribution in [0.3, 0.4) is 0 Å². The molecule has 0 atom stereocenters. The molecule has 0 aliphatic carbocycles. The summed E-state index contributed by atoms with van der Waals surface area (Å²) < 4.78 is 0. The minimum Gasteiger partial charge on any atom is -0.313 e. The molecule has 0 bridgehead atoms. The molecule has 0 aliphatic rings. The second-order valence-corrected chi connectivity index (χ2v) is 3.87. The van der Waals surface area contributed by atoms with Gasteiger partial charge in [0, 0.05) is 6.54 Å². The number of benzene rings is 1. The summed E-state index contributed by atoms with van der Waals surface area (Å²) in [6, 6.07) is 10.4. The molecule has 1 N–H and O–H groups in total. The molecular formula is C13H20ClN. The van der Waals surface area contributed by atoms with Gasteiger partial charge in [0.2, 0.25) is 0 Å². The van der Waals surface area contributed by atoms with Gasteiger partial charge in [0.25, 0.3) is 0 Å². The molecule has 1 aromatic carbocycles. The number of hydrogen-bond acceptors (Lipinski definition) is 1. The summed E-state index contributed by atoms with van der Waals surface area (Å²) >= 11 is 0. The van der Waals surface area contributed by atoms with Crippen molar-refractivity contribution in [3.63, 3.8) is 0 Å². The molecule has 0 aromatic heterocycles. The molecule has 0 fully saturated rings. The molecule has 0 aliphatic heterocycles. The summed E-state index contributed by atoms with van der Waals surface area (Å²) in [5.74, 6) is 0.722. The van der Waals surface area contributed by atoms with Crippen molar-refractivity contribution in [2.24, 2.45) is 5.92 Å². The third-order valence-electron chi connectivity index (χ3n) is 1.92. The first-order valence-corrected chi connectivity index (χ1v) is 5.21. The van der Waals surface area contributed by atoms with E-state index in [1.54, 1.807) is 0 Å². The van der Waals surface area contributed by atoms with Crippen molar-refractivity contribution < 1.29 is 0 Å². The fourth-order valence-electron chi connectivity index (χ4n) is 1.21. The van der Waals surface area contributed by atoms with Crippen LogP contribution in [0.15, 0.2) is 36.4 Å². The standard InChI is InChI=1S/C13H19N.ClH/c1-12(2)11-14-10-6-9-13-7-4-3-5-8-13;/h3-9,12,14H,10-11H2,1-2H3;1H. The van der Waals surface area contributed by atoms with E-state index in [-0.39, 0.29) is 12.4 Å².